The van der Waals surface area contributed by atoms with Crippen molar-refractivity contribution in [1.82, 2.24) is 10.2 Å². The Hall–Kier alpha value is -3.11. The van der Waals surface area contributed by atoms with Crippen LogP contribution in [0.4, 0.5) is 0 Å². The number of nitrogens with one attached hydrogen (secondary N) is 1. The third-order valence-electron chi connectivity index (χ3n) is 6.79. The highest BCUT2D eigenvalue weighted by atomic mass is 35.5. The van der Waals surface area contributed by atoms with Gasteiger partial charge in [-0.05, 0) is 60.1 Å². The average molecular weight is 519 g/mol. The highest BCUT2D eigenvalue weighted by Gasteiger charge is 2.30. The SMILES string of the molecule is CC[C@H](C)NC(=O)[C@@H](Cc1ccccc1)N(Cc1cccc(Cl)c1)C(=O)CCc1ccc(C(C)C)cc1. The van der Waals surface area contributed by atoms with Crippen LogP contribution in [0.1, 0.15) is 68.7 Å². The van der Waals surface area contributed by atoms with Crippen molar-refractivity contribution in [1.29, 1.82) is 0 Å². The normalized spacial score (nSPS) is 12.7. The van der Waals surface area contributed by atoms with Gasteiger partial charge in [0.2, 0.25) is 11.8 Å². The van der Waals surface area contributed by atoms with E-state index in [1.807, 2.05) is 68.4 Å². The number of nitrogens with zero attached hydrogens (tertiary/aromatic N) is 1. The summed E-state index contributed by atoms with van der Waals surface area (Å²) in [6.45, 7) is 8.68. The third kappa shape index (κ3) is 8.75. The van der Waals surface area contributed by atoms with E-state index in [1.165, 1.54) is 5.56 Å². The van der Waals surface area contributed by atoms with Crippen LogP contribution in [0.3, 0.4) is 0 Å². The summed E-state index contributed by atoms with van der Waals surface area (Å²) in [6.07, 6.45) is 2.20. The molecule has 0 aliphatic heterocycles. The van der Waals surface area contributed by atoms with E-state index >= 15 is 0 Å². The Bertz CT molecular complexity index is 1140. The Morgan fingerprint density at radius 2 is 1.54 bits per heavy atom. The fraction of sp³-hybridized carbons (Fsp3) is 0.375. The molecule has 0 saturated heterocycles. The van der Waals surface area contributed by atoms with Gasteiger partial charge in [0.25, 0.3) is 0 Å². The van der Waals surface area contributed by atoms with Crippen molar-refractivity contribution in [2.75, 3.05) is 0 Å². The first-order valence-electron chi connectivity index (χ1n) is 13.2. The fourth-order valence-electron chi connectivity index (χ4n) is 4.29. The molecule has 0 aliphatic rings. The second-order valence-corrected chi connectivity index (χ2v) is 10.5. The molecular weight excluding hydrogens is 480 g/mol. The molecule has 1 N–H and O–H groups in total. The van der Waals surface area contributed by atoms with E-state index in [0.29, 0.717) is 36.7 Å². The minimum atomic E-state index is -0.633. The van der Waals surface area contributed by atoms with E-state index in [0.717, 1.165) is 23.1 Å². The smallest absolute Gasteiger partial charge is 0.243 e. The molecule has 37 heavy (non-hydrogen) atoms. The number of amides is 2. The van der Waals surface area contributed by atoms with Crippen LogP contribution in [0.15, 0.2) is 78.9 Å². The van der Waals surface area contributed by atoms with Gasteiger partial charge < -0.3 is 10.2 Å². The molecule has 5 heteroatoms. The summed E-state index contributed by atoms with van der Waals surface area (Å²) < 4.78 is 0. The molecule has 4 nitrogen and oxygen atoms in total. The Morgan fingerprint density at radius 1 is 0.865 bits per heavy atom. The largest absolute Gasteiger partial charge is 0.352 e. The maximum Gasteiger partial charge on any atom is 0.243 e. The standard InChI is InChI=1S/C32H39ClN2O2/c1-5-24(4)34-32(37)30(21-26-10-7-6-8-11-26)35(22-27-12-9-13-29(33)20-27)31(36)19-16-25-14-17-28(18-15-25)23(2)3/h6-15,17-18,20,23-24,30H,5,16,19,21-22H2,1-4H3,(H,34,37)/t24-,30+/m0/s1. The number of benzene rings is 3. The lowest BCUT2D eigenvalue weighted by Crippen LogP contribution is -2.52. The molecule has 0 saturated carbocycles. The molecule has 0 unspecified atom stereocenters. The van der Waals surface area contributed by atoms with Gasteiger partial charge in [-0.1, -0.05) is 99.1 Å². The average Bonchev–Trinajstić information content (AvgIpc) is 2.90. The van der Waals surface area contributed by atoms with Gasteiger partial charge in [0.05, 0.1) is 0 Å². The van der Waals surface area contributed by atoms with Gasteiger partial charge in [0.15, 0.2) is 0 Å². The van der Waals surface area contributed by atoms with Crippen molar-refractivity contribution in [3.05, 3.63) is 106 Å². The maximum absolute atomic E-state index is 13.8. The van der Waals surface area contributed by atoms with Gasteiger partial charge in [-0.2, -0.15) is 0 Å². The Kier molecular flexibility index (Phi) is 10.8. The van der Waals surface area contributed by atoms with E-state index in [-0.39, 0.29) is 17.9 Å². The van der Waals surface area contributed by atoms with E-state index in [9.17, 15) is 9.59 Å². The highest BCUT2D eigenvalue weighted by molar-refractivity contribution is 6.30. The Morgan fingerprint density at radius 3 is 2.16 bits per heavy atom. The summed E-state index contributed by atoms with van der Waals surface area (Å²) >= 11 is 6.26. The molecule has 196 valence electrons. The van der Waals surface area contributed by atoms with Gasteiger partial charge in [-0.3, -0.25) is 9.59 Å². The molecule has 0 aromatic heterocycles. The van der Waals surface area contributed by atoms with Gasteiger partial charge in [0.1, 0.15) is 6.04 Å². The van der Waals surface area contributed by atoms with Gasteiger partial charge in [-0.15, -0.1) is 0 Å². The third-order valence-corrected chi connectivity index (χ3v) is 7.02. The number of carbonyl (C=O) groups excluding carboxylic acids is 2. The number of halogens is 1. The number of hydrogen-bond donors (Lipinski definition) is 1. The van der Waals surface area contributed by atoms with Gasteiger partial charge in [-0.25, -0.2) is 0 Å². The molecule has 0 spiro atoms. The molecule has 0 radical (unpaired) electrons. The van der Waals surface area contributed by atoms with Crippen LogP contribution in [-0.4, -0.2) is 28.8 Å². The van der Waals surface area contributed by atoms with Crippen LogP contribution < -0.4 is 5.32 Å². The summed E-state index contributed by atoms with van der Waals surface area (Å²) in [6, 6.07) is 25.2. The second-order valence-electron chi connectivity index (χ2n) is 10.1. The van der Waals surface area contributed by atoms with E-state index in [1.54, 1.807) is 4.90 Å². The maximum atomic E-state index is 13.8. The van der Waals surface area contributed by atoms with E-state index in [4.69, 9.17) is 11.6 Å². The molecule has 0 bridgehead atoms. The van der Waals surface area contributed by atoms with Crippen molar-refractivity contribution in [2.24, 2.45) is 0 Å². The van der Waals surface area contributed by atoms with E-state index in [2.05, 4.69) is 43.4 Å². The van der Waals surface area contributed by atoms with Crippen molar-refractivity contribution in [3.63, 3.8) is 0 Å². The monoisotopic (exact) mass is 518 g/mol. The second kappa shape index (κ2) is 14.0. The van der Waals surface area contributed by atoms with Crippen LogP contribution in [0, 0.1) is 0 Å². The predicted octanol–water partition coefficient (Wildman–Crippen LogP) is 6.95. The van der Waals surface area contributed by atoms with E-state index < -0.39 is 6.04 Å². The fourth-order valence-corrected chi connectivity index (χ4v) is 4.50. The zero-order valence-electron chi connectivity index (χ0n) is 22.4. The number of hydrogen-bond acceptors (Lipinski definition) is 2. The lowest BCUT2D eigenvalue weighted by atomic mass is 9.99. The minimum absolute atomic E-state index is 0.0216. The molecule has 0 aliphatic carbocycles. The molecule has 3 rings (SSSR count). The number of aryl methyl sites for hydroxylation is 1. The lowest BCUT2D eigenvalue weighted by Gasteiger charge is -2.32. The number of rotatable bonds is 12. The molecule has 3 aromatic carbocycles. The van der Waals surface area contributed by atoms with Gasteiger partial charge >= 0.3 is 0 Å². The Labute approximate surface area is 227 Å². The summed E-state index contributed by atoms with van der Waals surface area (Å²) in [5.74, 6) is 0.287. The minimum Gasteiger partial charge on any atom is -0.352 e. The summed E-state index contributed by atoms with van der Waals surface area (Å²) in [4.78, 5) is 29.1. The first-order valence-corrected chi connectivity index (χ1v) is 13.6. The number of carbonyl (C=O) groups is 2. The summed E-state index contributed by atoms with van der Waals surface area (Å²) in [5.41, 5.74) is 4.31. The molecule has 0 fully saturated rings. The van der Waals surface area contributed by atoms with Crippen LogP contribution in [0.25, 0.3) is 0 Å². The van der Waals surface area contributed by atoms with Crippen LogP contribution in [0.2, 0.25) is 5.02 Å². The zero-order chi connectivity index (χ0) is 26.8. The summed E-state index contributed by atoms with van der Waals surface area (Å²) in [7, 11) is 0. The van der Waals surface area contributed by atoms with Gasteiger partial charge in [0, 0.05) is 30.5 Å². The molecule has 2 amide bonds. The topological polar surface area (TPSA) is 49.4 Å². The van der Waals surface area contributed by atoms with Crippen molar-refractivity contribution in [2.45, 2.75) is 77.9 Å². The van der Waals surface area contributed by atoms with Crippen LogP contribution >= 0.6 is 11.6 Å². The van der Waals surface area contributed by atoms with Crippen LogP contribution in [0.5, 0.6) is 0 Å². The summed E-state index contributed by atoms with van der Waals surface area (Å²) in [5, 5.41) is 3.72. The highest BCUT2D eigenvalue weighted by Crippen LogP contribution is 2.20. The van der Waals surface area contributed by atoms with Crippen molar-refractivity contribution < 1.29 is 9.59 Å². The molecule has 0 heterocycles. The first-order chi connectivity index (χ1) is 17.8. The lowest BCUT2D eigenvalue weighted by molar-refractivity contribution is -0.141. The zero-order valence-corrected chi connectivity index (χ0v) is 23.2. The first kappa shape index (κ1) is 28.5. The van der Waals surface area contributed by atoms with Crippen LogP contribution in [-0.2, 0) is 29.0 Å². The predicted molar refractivity (Wildman–Crippen MR) is 153 cm³/mol. The van der Waals surface area contributed by atoms with Crippen molar-refractivity contribution in [3.8, 4) is 0 Å². The van der Waals surface area contributed by atoms with Crippen molar-refractivity contribution >= 4 is 23.4 Å². The quantitative estimate of drug-likeness (QED) is 0.282. The molecule has 3 aromatic rings. The molecule has 2 atom stereocenters. The Balaban J connectivity index is 1.89. The molecular formula is C32H39ClN2O2.